The summed E-state index contributed by atoms with van der Waals surface area (Å²) in [6.45, 7) is 4.56. The molecule has 5 heteroatoms. The Morgan fingerprint density at radius 1 is 1.64 bits per heavy atom. The lowest BCUT2D eigenvalue weighted by molar-refractivity contribution is -0.132. The molecule has 14 heavy (non-hydrogen) atoms. The van der Waals surface area contributed by atoms with Crippen LogP contribution >= 0.6 is 0 Å². The molecular weight excluding hydrogens is 186 g/mol. The van der Waals surface area contributed by atoms with Gasteiger partial charge in [-0.3, -0.25) is 10.1 Å². The summed E-state index contributed by atoms with van der Waals surface area (Å²) in [5.74, 6) is 0.139. The van der Waals surface area contributed by atoms with E-state index in [0.29, 0.717) is 0 Å². The summed E-state index contributed by atoms with van der Waals surface area (Å²) < 4.78 is 4.66. The number of carboxylic acid groups (broad SMARTS) is 1. The van der Waals surface area contributed by atoms with Crippen LogP contribution in [0.3, 0.4) is 0 Å². The maximum Gasteiger partial charge on any atom is 0.347 e. The lowest BCUT2D eigenvalue weighted by Gasteiger charge is -2.03. The van der Waals surface area contributed by atoms with Gasteiger partial charge in [0.1, 0.15) is 11.8 Å². The van der Waals surface area contributed by atoms with E-state index in [9.17, 15) is 9.59 Å². The van der Waals surface area contributed by atoms with E-state index < -0.39 is 5.97 Å². The fourth-order valence-corrected chi connectivity index (χ4v) is 0.502. The zero-order valence-electron chi connectivity index (χ0n) is 7.53. The Labute approximate surface area is 81.1 Å². The molecule has 0 saturated heterocycles. The van der Waals surface area contributed by atoms with Crippen LogP contribution in [0.15, 0.2) is 24.3 Å². The van der Waals surface area contributed by atoms with Crippen LogP contribution in [-0.2, 0) is 14.3 Å². The molecule has 0 spiro atoms. The summed E-state index contributed by atoms with van der Waals surface area (Å²) in [6.07, 6.45) is 5.69. The highest BCUT2D eigenvalue weighted by atomic mass is 16.5. The fourth-order valence-electron chi connectivity index (χ4n) is 0.502. The highest BCUT2D eigenvalue weighted by molar-refractivity contribution is 5.91. The van der Waals surface area contributed by atoms with Gasteiger partial charge in [-0.2, -0.15) is 0 Å². The average molecular weight is 195 g/mol. The molecule has 0 saturated carbocycles. The van der Waals surface area contributed by atoms with Crippen molar-refractivity contribution in [2.24, 2.45) is 0 Å². The molecule has 0 rings (SSSR count). The maximum atomic E-state index is 10.5. The fraction of sp³-hybridized carbons (Fsp3) is 0.111. The van der Waals surface area contributed by atoms with Crippen LogP contribution in [0.4, 0.5) is 0 Å². The van der Waals surface area contributed by atoms with Gasteiger partial charge in [-0.1, -0.05) is 5.92 Å². The Kier molecular flexibility index (Phi) is 4.57. The summed E-state index contributed by atoms with van der Waals surface area (Å²) in [4.78, 5) is 20.8. The third-order valence-electron chi connectivity index (χ3n) is 1.02. The molecule has 2 N–H and O–H groups in total. The topological polar surface area (TPSA) is 75.6 Å². The Morgan fingerprint density at radius 2 is 2.21 bits per heavy atom. The normalized spacial score (nSPS) is 9.86. The minimum Gasteiger partial charge on any atom is -0.477 e. The van der Waals surface area contributed by atoms with E-state index in [4.69, 9.17) is 11.5 Å². The highest BCUT2D eigenvalue weighted by Gasteiger charge is 2.04. The molecule has 0 heterocycles. The Morgan fingerprint density at radius 3 is 2.57 bits per heavy atom. The van der Waals surface area contributed by atoms with E-state index >= 15 is 0 Å². The van der Waals surface area contributed by atoms with Crippen LogP contribution in [0.5, 0.6) is 0 Å². The van der Waals surface area contributed by atoms with Crippen molar-refractivity contribution in [2.45, 2.75) is 6.92 Å². The summed E-state index contributed by atoms with van der Waals surface area (Å²) in [5.41, 5.74) is -0.364. The molecule has 0 unspecified atom stereocenters. The van der Waals surface area contributed by atoms with E-state index in [2.05, 4.69) is 16.6 Å². The second-order valence-electron chi connectivity index (χ2n) is 2.20. The number of hydrogen-bond acceptors (Lipinski definition) is 3. The van der Waals surface area contributed by atoms with Crippen LogP contribution in [0, 0.1) is 12.3 Å². The Bertz CT molecular complexity index is 335. The van der Waals surface area contributed by atoms with Gasteiger partial charge in [-0.25, -0.2) is 4.79 Å². The third kappa shape index (κ3) is 4.62. The Hall–Kier alpha value is -2.22. The molecule has 0 aromatic heterocycles. The molecule has 0 aliphatic carbocycles. The van der Waals surface area contributed by atoms with Crippen LogP contribution < -0.4 is 5.32 Å². The molecule has 74 valence electrons. The molecule has 0 atom stereocenters. The van der Waals surface area contributed by atoms with E-state index in [1.165, 1.54) is 6.92 Å². The zero-order chi connectivity index (χ0) is 11.1. The molecule has 0 bridgehead atoms. The predicted octanol–water partition coefficient (Wildman–Crippen LogP) is 0.212. The van der Waals surface area contributed by atoms with Crippen molar-refractivity contribution in [3.63, 3.8) is 0 Å². The number of ether oxygens (including phenoxy) is 1. The second-order valence-corrected chi connectivity index (χ2v) is 2.20. The first-order chi connectivity index (χ1) is 6.47. The van der Waals surface area contributed by atoms with Gasteiger partial charge in [0.25, 0.3) is 0 Å². The zero-order valence-corrected chi connectivity index (χ0v) is 7.53. The van der Waals surface area contributed by atoms with Crippen LogP contribution in [0.25, 0.3) is 0 Å². The molecule has 0 aliphatic rings. The van der Waals surface area contributed by atoms with Crippen molar-refractivity contribution in [1.29, 1.82) is 0 Å². The number of rotatable bonds is 4. The summed E-state index contributed by atoms with van der Waals surface area (Å²) in [7, 11) is 0. The van der Waals surface area contributed by atoms with Gasteiger partial charge in [0, 0.05) is 6.92 Å². The standard InChI is InChI=1S/C9H9NO4/c1-4-8(9(12)13)5-14-7(3)10-6(2)11/h1,5H,3H2,2H3,(H,10,11)(H,12,13)/b8-5+. The summed E-state index contributed by atoms with van der Waals surface area (Å²) >= 11 is 0. The third-order valence-corrected chi connectivity index (χ3v) is 1.02. The maximum absolute atomic E-state index is 10.5. The first-order valence-electron chi connectivity index (χ1n) is 3.50. The lowest BCUT2D eigenvalue weighted by atomic mass is 10.3. The first-order valence-corrected chi connectivity index (χ1v) is 3.50. The van der Waals surface area contributed by atoms with Crippen LogP contribution in [0.2, 0.25) is 0 Å². The van der Waals surface area contributed by atoms with Crippen molar-refractivity contribution in [3.8, 4) is 12.3 Å². The molecular formula is C9H9NO4. The number of aliphatic carboxylic acids is 1. The first kappa shape index (κ1) is 11.8. The number of terminal acetylenes is 1. The number of nitrogens with one attached hydrogen (secondary N) is 1. The van der Waals surface area contributed by atoms with Crippen LogP contribution in [0.1, 0.15) is 6.92 Å². The summed E-state index contributed by atoms with van der Waals surface area (Å²) in [5, 5.41) is 10.7. The van der Waals surface area contributed by atoms with E-state index in [-0.39, 0.29) is 17.4 Å². The van der Waals surface area contributed by atoms with Gasteiger partial charge in [-0.15, -0.1) is 6.42 Å². The second kappa shape index (κ2) is 5.43. The van der Waals surface area contributed by atoms with Crippen LogP contribution in [-0.4, -0.2) is 17.0 Å². The molecule has 5 nitrogen and oxygen atoms in total. The molecule has 0 radical (unpaired) electrons. The van der Waals surface area contributed by atoms with Gasteiger partial charge in [0.05, 0.1) is 0 Å². The number of amides is 1. The predicted molar refractivity (Wildman–Crippen MR) is 48.6 cm³/mol. The number of carboxylic acids is 1. The average Bonchev–Trinajstić information content (AvgIpc) is 2.03. The SMILES string of the molecule is C#C/C(=C\OC(=C)NC(C)=O)C(=O)O. The van der Waals surface area contributed by atoms with Gasteiger partial charge in [-0.05, 0) is 6.58 Å². The van der Waals surface area contributed by atoms with Crippen molar-refractivity contribution in [3.05, 3.63) is 24.3 Å². The number of carbonyl (C=O) groups is 2. The molecule has 0 aliphatic heterocycles. The Balaban J connectivity index is 4.28. The lowest BCUT2D eigenvalue weighted by Crippen LogP contribution is -2.19. The van der Waals surface area contributed by atoms with Gasteiger partial charge in [0.2, 0.25) is 5.91 Å². The molecule has 0 fully saturated rings. The molecule has 0 aromatic rings. The van der Waals surface area contributed by atoms with Gasteiger partial charge in [0.15, 0.2) is 5.88 Å². The molecule has 0 aromatic carbocycles. The van der Waals surface area contributed by atoms with Crippen molar-refractivity contribution >= 4 is 11.9 Å². The minimum absolute atomic E-state index is 0.0912. The molecule has 1 amide bonds. The quantitative estimate of drug-likeness (QED) is 0.382. The summed E-state index contributed by atoms with van der Waals surface area (Å²) in [6, 6.07) is 0. The van der Waals surface area contributed by atoms with E-state index in [0.717, 1.165) is 6.26 Å². The smallest absolute Gasteiger partial charge is 0.347 e. The van der Waals surface area contributed by atoms with Crippen molar-refractivity contribution in [2.75, 3.05) is 0 Å². The van der Waals surface area contributed by atoms with Gasteiger partial charge < -0.3 is 9.84 Å². The van der Waals surface area contributed by atoms with Crippen molar-refractivity contribution < 1.29 is 19.4 Å². The van der Waals surface area contributed by atoms with E-state index in [1.807, 2.05) is 5.92 Å². The van der Waals surface area contributed by atoms with Gasteiger partial charge >= 0.3 is 5.97 Å². The minimum atomic E-state index is -1.29. The van der Waals surface area contributed by atoms with Crippen molar-refractivity contribution in [1.82, 2.24) is 5.32 Å². The highest BCUT2D eigenvalue weighted by Crippen LogP contribution is 1.96. The largest absolute Gasteiger partial charge is 0.477 e. The van der Waals surface area contributed by atoms with E-state index in [1.54, 1.807) is 0 Å². The number of carbonyl (C=O) groups excluding carboxylic acids is 1. The monoisotopic (exact) mass is 195 g/mol. The number of hydrogen-bond donors (Lipinski definition) is 2.